The minimum Gasteiger partial charge on any atom is -0.327 e. The summed E-state index contributed by atoms with van der Waals surface area (Å²) in [5.41, 5.74) is 2.69. The molecule has 0 aromatic heterocycles. The van der Waals surface area contributed by atoms with E-state index in [4.69, 9.17) is 0 Å². The van der Waals surface area contributed by atoms with Crippen molar-refractivity contribution in [2.75, 3.05) is 5.32 Å². The molecule has 3 N–H and O–H groups in total. The van der Waals surface area contributed by atoms with E-state index in [0.29, 0.717) is 17.2 Å². The van der Waals surface area contributed by atoms with Crippen molar-refractivity contribution < 1.29 is 18.4 Å². The molecule has 0 fully saturated rings. The highest BCUT2D eigenvalue weighted by Crippen LogP contribution is 2.29. The van der Waals surface area contributed by atoms with Crippen molar-refractivity contribution in [1.29, 1.82) is 0 Å². The average molecular weight is 385 g/mol. The maximum absolute atomic E-state index is 13.4. The lowest BCUT2D eigenvalue weighted by atomic mass is 9.92. The molecule has 28 heavy (non-hydrogen) atoms. The first-order chi connectivity index (χ1) is 13.3. The summed E-state index contributed by atoms with van der Waals surface area (Å²) in [6, 6.07) is 9.67. The van der Waals surface area contributed by atoms with E-state index in [-0.39, 0.29) is 5.69 Å². The monoisotopic (exact) mass is 385 g/mol. The Bertz CT molecular complexity index is 953. The maximum atomic E-state index is 13.4. The van der Waals surface area contributed by atoms with Crippen molar-refractivity contribution in [2.45, 2.75) is 32.7 Å². The average Bonchev–Trinajstić information content (AvgIpc) is 2.64. The fourth-order valence-electron chi connectivity index (χ4n) is 3.09. The number of nitrogens with one attached hydrogen (secondary N) is 3. The summed E-state index contributed by atoms with van der Waals surface area (Å²) >= 11 is 0. The zero-order valence-electron chi connectivity index (χ0n) is 15.8. The Morgan fingerprint density at radius 2 is 1.75 bits per heavy atom. The van der Waals surface area contributed by atoms with Gasteiger partial charge in [0.05, 0.1) is 11.6 Å². The van der Waals surface area contributed by atoms with Gasteiger partial charge in [0.2, 0.25) is 0 Å². The number of hydrogen-bond acceptors (Lipinski definition) is 2. The molecular formula is C21H21F2N3O2. The van der Waals surface area contributed by atoms with Crippen LogP contribution in [0.3, 0.4) is 0 Å². The molecule has 3 amide bonds. The maximum Gasteiger partial charge on any atom is 0.319 e. The molecule has 0 saturated carbocycles. The molecule has 0 bridgehead atoms. The smallest absolute Gasteiger partial charge is 0.319 e. The van der Waals surface area contributed by atoms with Gasteiger partial charge in [0, 0.05) is 17.5 Å². The second kappa shape index (κ2) is 7.80. The van der Waals surface area contributed by atoms with Gasteiger partial charge in [-0.15, -0.1) is 0 Å². The van der Waals surface area contributed by atoms with E-state index in [2.05, 4.69) is 29.8 Å². The lowest BCUT2D eigenvalue weighted by Gasteiger charge is -2.29. The van der Waals surface area contributed by atoms with Gasteiger partial charge < -0.3 is 16.0 Å². The quantitative estimate of drug-likeness (QED) is 0.732. The Morgan fingerprint density at radius 1 is 1.07 bits per heavy atom. The van der Waals surface area contributed by atoms with Crippen LogP contribution in [0.25, 0.3) is 0 Å². The molecule has 7 heteroatoms. The summed E-state index contributed by atoms with van der Waals surface area (Å²) in [6.07, 6.45) is 0. The predicted octanol–water partition coefficient (Wildman–Crippen LogP) is 4.35. The summed E-state index contributed by atoms with van der Waals surface area (Å²) < 4.78 is 26.6. The lowest BCUT2D eigenvalue weighted by Crippen LogP contribution is -2.46. The molecule has 0 aliphatic carbocycles. The summed E-state index contributed by atoms with van der Waals surface area (Å²) in [5.74, 6) is -2.22. The van der Waals surface area contributed by atoms with Crippen LogP contribution in [-0.4, -0.2) is 11.9 Å². The van der Waals surface area contributed by atoms with Gasteiger partial charge in [-0.2, -0.15) is 0 Å². The molecule has 146 valence electrons. The van der Waals surface area contributed by atoms with Crippen LogP contribution in [0.2, 0.25) is 0 Å². The highest BCUT2D eigenvalue weighted by molar-refractivity contribution is 6.06. The molecule has 2 aromatic rings. The van der Waals surface area contributed by atoms with Crippen LogP contribution in [0.4, 0.5) is 19.3 Å². The number of urea groups is 1. The van der Waals surface area contributed by atoms with E-state index in [1.165, 1.54) is 6.07 Å². The Hall–Kier alpha value is -3.22. The van der Waals surface area contributed by atoms with E-state index in [1.54, 1.807) is 6.92 Å². The first-order valence-corrected chi connectivity index (χ1v) is 8.91. The fraction of sp³-hybridized carbons (Fsp3) is 0.238. The van der Waals surface area contributed by atoms with Gasteiger partial charge in [0.25, 0.3) is 5.91 Å². The molecule has 1 aliphatic heterocycles. The second-order valence-electron chi connectivity index (χ2n) is 6.97. The van der Waals surface area contributed by atoms with Crippen LogP contribution in [0, 0.1) is 11.6 Å². The molecule has 1 heterocycles. The zero-order valence-corrected chi connectivity index (χ0v) is 15.8. The Morgan fingerprint density at radius 3 is 2.36 bits per heavy atom. The van der Waals surface area contributed by atoms with Gasteiger partial charge in [-0.3, -0.25) is 4.79 Å². The Balaban J connectivity index is 1.92. The number of halogens is 2. The second-order valence-corrected chi connectivity index (χ2v) is 6.97. The highest BCUT2D eigenvalue weighted by Gasteiger charge is 2.31. The van der Waals surface area contributed by atoms with Crippen LogP contribution >= 0.6 is 0 Å². The van der Waals surface area contributed by atoms with E-state index in [1.807, 2.05) is 24.3 Å². The van der Waals surface area contributed by atoms with E-state index >= 15 is 0 Å². The Kier molecular flexibility index (Phi) is 5.44. The molecule has 1 aliphatic rings. The van der Waals surface area contributed by atoms with Gasteiger partial charge in [-0.1, -0.05) is 38.1 Å². The first kappa shape index (κ1) is 19.5. The first-order valence-electron chi connectivity index (χ1n) is 8.91. The third-order valence-corrected chi connectivity index (χ3v) is 4.63. The zero-order chi connectivity index (χ0) is 20.4. The molecule has 0 radical (unpaired) electrons. The SMILES string of the molecule is CC1=C(C(=O)Nc2ccc(F)c(F)c2)C(c2ccc(C(C)C)cc2)NC(=O)N1. The number of amides is 3. The number of carbonyl (C=O) groups is 2. The van der Waals surface area contributed by atoms with Gasteiger partial charge in [0.15, 0.2) is 11.6 Å². The minimum atomic E-state index is -1.06. The molecule has 3 rings (SSSR count). The van der Waals surface area contributed by atoms with Gasteiger partial charge in [0.1, 0.15) is 0 Å². The number of anilines is 1. The van der Waals surface area contributed by atoms with Crippen molar-refractivity contribution in [3.63, 3.8) is 0 Å². The predicted molar refractivity (Wildman–Crippen MR) is 103 cm³/mol. The number of carbonyl (C=O) groups excluding carboxylic acids is 2. The van der Waals surface area contributed by atoms with Gasteiger partial charge >= 0.3 is 6.03 Å². The van der Waals surface area contributed by atoms with E-state index in [0.717, 1.165) is 23.3 Å². The van der Waals surface area contributed by atoms with E-state index < -0.39 is 29.6 Å². The molecule has 0 spiro atoms. The van der Waals surface area contributed by atoms with Crippen molar-refractivity contribution in [3.05, 3.63) is 76.5 Å². The fourth-order valence-corrected chi connectivity index (χ4v) is 3.09. The van der Waals surface area contributed by atoms with Crippen molar-refractivity contribution >= 4 is 17.6 Å². The topological polar surface area (TPSA) is 70.2 Å². The van der Waals surface area contributed by atoms with Gasteiger partial charge in [-0.25, -0.2) is 13.6 Å². The lowest BCUT2D eigenvalue weighted by molar-refractivity contribution is -0.113. The van der Waals surface area contributed by atoms with Gasteiger partial charge in [-0.05, 0) is 36.1 Å². The molecular weight excluding hydrogens is 364 g/mol. The van der Waals surface area contributed by atoms with Crippen molar-refractivity contribution in [2.24, 2.45) is 0 Å². The molecule has 2 aromatic carbocycles. The molecule has 0 saturated heterocycles. The summed E-state index contributed by atoms with van der Waals surface area (Å²) in [5, 5.41) is 7.89. The van der Waals surface area contributed by atoms with Crippen LogP contribution in [0.1, 0.15) is 43.9 Å². The summed E-state index contributed by atoms with van der Waals surface area (Å²) in [7, 11) is 0. The third-order valence-electron chi connectivity index (χ3n) is 4.63. The summed E-state index contributed by atoms with van der Waals surface area (Å²) in [4.78, 5) is 24.8. The standard InChI is InChI=1S/C21H21F2N3O2/c1-11(2)13-4-6-14(7-5-13)19-18(12(3)24-21(28)26-19)20(27)25-15-8-9-16(22)17(23)10-15/h4-11,19H,1-3H3,(H,25,27)(H2,24,26,28). The summed E-state index contributed by atoms with van der Waals surface area (Å²) in [6.45, 7) is 5.77. The number of allylic oxidation sites excluding steroid dienone is 1. The number of hydrogen-bond donors (Lipinski definition) is 3. The van der Waals surface area contributed by atoms with Crippen LogP contribution in [0.15, 0.2) is 53.7 Å². The normalized spacial score (nSPS) is 16.6. The Labute approximate surface area is 161 Å². The van der Waals surface area contributed by atoms with Crippen LogP contribution in [-0.2, 0) is 4.79 Å². The largest absolute Gasteiger partial charge is 0.327 e. The minimum absolute atomic E-state index is 0.120. The highest BCUT2D eigenvalue weighted by atomic mass is 19.2. The van der Waals surface area contributed by atoms with Crippen LogP contribution < -0.4 is 16.0 Å². The number of benzene rings is 2. The molecule has 5 nitrogen and oxygen atoms in total. The van der Waals surface area contributed by atoms with Crippen molar-refractivity contribution in [1.82, 2.24) is 10.6 Å². The van der Waals surface area contributed by atoms with E-state index in [9.17, 15) is 18.4 Å². The molecule has 1 unspecified atom stereocenters. The van der Waals surface area contributed by atoms with Crippen LogP contribution in [0.5, 0.6) is 0 Å². The van der Waals surface area contributed by atoms with Crippen molar-refractivity contribution in [3.8, 4) is 0 Å². The number of rotatable bonds is 4. The third kappa shape index (κ3) is 4.03. The molecule has 1 atom stereocenters.